The first-order valence-electron chi connectivity index (χ1n) is 5.57. The molecule has 0 saturated carbocycles. The standard InChI is InChI=1S/C14H13BrClNO/c1-9(11-4-2-3-5-14(11)18)17-13-8-10(16)6-7-12(13)15/h2-9,17-18H,1H3. The maximum atomic E-state index is 9.81. The van der Waals surface area contributed by atoms with Gasteiger partial charge in [-0.1, -0.05) is 29.8 Å². The molecule has 2 aromatic rings. The maximum absolute atomic E-state index is 9.81. The predicted molar refractivity (Wildman–Crippen MR) is 79.3 cm³/mol. The lowest BCUT2D eigenvalue weighted by Gasteiger charge is -2.18. The third-order valence-electron chi connectivity index (χ3n) is 2.70. The number of phenolic OH excluding ortho intramolecular Hbond substituents is 1. The summed E-state index contributed by atoms with van der Waals surface area (Å²) < 4.78 is 0.939. The van der Waals surface area contributed by atoms with Crippen LogP contribution in [0.3, 0.4) is 0 Å². The molecule has 0 radical (unpaired) electrons. The molecular formula is C14H13BrClNO. The Balaban J connectivity index is 2.24. The second kappa shape index (κ2) is 5.63. The van der Waals surface area contributed by atoms with Crippen LogP contribution >= 0.6 is 27.5 Å². The summed E-state index contributed by atoms with van der Waals surface area (Å²) in [6.45, 7) is 1.99. The number of hydrogen-bond donors (Lipinski definition) is 2. The van der Waals surface area contributed by atoms with Gasteiger partial charge in [0.15, 0.2) is 0 Å². The van der Waals surface area contributed by atoms with Gasteiger partial charge in [-0.3, -0.25) is 0 Å². The molecule has 0 saturated heterocycles. The highest BCUT2D eigenvalue weighted by Crippen LogP contribution is 2.31. The monoisotopic (exact) mass is 325 g/mol. The molecule has 4 heteroatoms. The number of hydrogen-bond acceptors (Lipinski definition) is 2. The van der Waals surface area contributed by atoms with Crippen molar-refractivity contribution in [1.82, 2.24) is 0 Å². The fourth-order valence-corrected chi connectivity index (χ4v) is 2.31. The van der Waals surface area contributed by atoms with Crippen LogP contribution < -0.4 is 5.32 Å². The smallest absolute Gasteiger partial charge is 0.120 e. The lowest BCUT2D eigenvalue weighted by Crippen LogP contribution is -2.07. The highest BCUT2D eigenvalue weighted by Gasteiger charge is 2.11. The average Bonchev–Trinajstić information content (AvgIpc) is 2.34. The first-order chi connectivity index (χ1) is 8.58. The molecule has 2 rings (SSSR count). The summed E-state index contributed by atoms with van der Waals surface area (Å²) in [5.41, 5.74) is 1.75. The van der Waals surface area contributed by atoms with Crippen molar-refractivity contribution in [2.75, 3.05) is 5.32 Å². The van der Waals surface area contributed by atoms with Crippen molar-refractivity contribution >= 4 is 33.2 Å². The van der Waals surface area contributed by atoms with Crippen LogP contribution in [0.1, 0.15) is 18.5 Å². The van der Waals surface area contributed by atoms with Crippen molar-refractivity contribution in [2.45, 2.75) is 13.0 Å². The van der Waals surface area contributed by atoms with Crippen molar-refractivity contribution < 1.29 is 5.11 Å². The second-order valence-electron chi connectivity index (χ2n) is 4.05. The second-order valence-corrected chi connectivity index (χ2v) is 5.34. The molecule has 0 aliphatic heterocycles. The summed E-state index contributed by atoms with van der Waals surface area (Å²) in [6.07, 6.45) is 0. The summed E-state index contributed by atoms with van der Waals surface area (Å²) in [5, 5.41) is 13.8. The third kappa shape index (κ3) is 2.98. The van der Waals surface area contributed by atoms with E-state index < -0.39 is 0 Å². The first kappa shape index (κ1) is 13.2. The Morgan fingerprint density at radius 2 is 1.94 bits per heavy atom. The van der Waals surface area contributed by atoms with E-state index in [2.05, 4.69) is 21.2 Å². The first-order valence-corrected chi connectivity index (χ1v) is 6.74. The van der Waals surface area contributed by atoms with Gasteiger partial charge in [0.1, 0.15) is 5.75 Å². The molecule has 0 aromatic heterocycles. The summed E-state index contributed by atoms with van der Waals surface area (Å²) >= 11 is 9.43. The SMILES string of the molecule is CC(Nc1cc(Cl)ccc1Br)c1ccccc1O. The van der Waals surface area contributed by atoms with Crippen molar-refractivity contribution in [3.8, 4) is 5.75 Å². The maximum Gasteiger partial charge on any atom is 0.120 e. The minimum Gasteiger partial charge on any atom is -0.508 e. The average molecular weight is 327 g/mol. The van der Waals surface area contributed by atoms with E-state index in [1.54, 1.807) is 12.1 Å². The van der Waals surface area contributed by atoms with E-state index in [4.69, 9.17) is 11.6 Å². The Morgan fingerprint density at radius 1 is 1.22 bits per heavy atom. The van der Waals surface area contributed by atoms with Crippen LogP contribution in [0.15, 0.2) is 46.9 Å². The van der Waals surface area contributed by atoms with Gasteiger partial charge >= 0.3 is 0 Å². The van der Waals surface area contributed by atoms with E-state index >= 15 is 0 Å². The number of nitrogens with one attached hydrogen (secondary N) is 1. The molecule has 1 atom stereocenters. The molecule has 2 aromatic carbocycles. The van der Waals surface area contributed by atoms with E-state index in [1.807, 2.05) is 37.3 Å². The third-order valence-corrected chi connectivity index (χ3v) is 3.63. The van der Waals surface area contributed by atoms with Gasteiger partial charge in [0, 0.05) is 15.1 Å². The Hall–Kier alpha value is -1.19. The zero-order chi connectivity index (χ0) is 13.1. The molecular weight excluding hydrogens is 314 g/mol. The number of anilines is 1. The molecule has 0 aliphatic rings. The van der Waals surface area contributed by atoms with Gasteiger partial charge in [-0.25, -0.2) is 0 Å². The Kier molecular flexibility index (Phi) is 4.15. The minimum atomic E-state index is -0.0130. The molecule has 2 N–H and O–H groups in total. The number of benzene rings is 2. The summed E-state index contributed by atoms with van der Waals surface area (Å²) in [4.78, 5) is 0. The molecule has 2 nitrogen and oxygen atoms in total. The van der Waals surface area contributed by atoms with Crippen molar-refractivity contribution in [1.29, 1.82) is 0 Å². The zero-order valence-electron chi connectivity index (χ0n) is 9.82. The highest BCUT2D eigenvalue weighted by molar-refractivity contribution is 9.10. The van der Waals surface area contributed by atoms with Gasteiger partial charge in [0.05, 0.1) is 11.7 Å². The van der Waals surface area contributed by atoms with Crippen LogP contribution in [0.4, 0.5) is 5.69 Å². The number of para-hydroxylation sites is 1. The van der Waals surface area contributed by atoms with Crippen LogP contribution in [-0.4, -0.2) is 5.11 Å². The lowest BCUT2D eigenvalue weighted by molar-refractivity contribution is 0.465. The topological polar surface area (TPSA) is 32.3 Å². The number of phenols is 1. The van der Waals surface area contributed by atoms with E-state index in [1.165, 1.54) is 0 Å². The van der Waals surface area contributed by atoms with Crippen LogP contribution in [0.25, 0.3) is 0 Å². The molecule has 0 bridgehead atoms. The van der Waals surface area contributed by atoms with Gasteiger partial charge in [0.2, 0.25) is 0 Å². The van der Waals surface area contributed by atoms with Gasteiger partial charge in [-0.2, -0.15) is 0 Å². The van der Waals surface area contributed by atoms with Gasteiger partial charge in [-0.15, -0.1) is 0 Å². The fraction of sp³-hybridized carbons (Fsp3) is 0.143. The fourth-order valence-electron chi connectivity index (χ4n) is 1.77. The normalized spacial score (nSPS) is 12.2. The minimum absolute atomic E-state index is 0.0130. The number of aromatic hydroxyl groups is 1. The molecule has 0 fully saturated rings. The lowest BCUT2D eigenvalue weighted by atomic mass is 10.1. The van der Waals surface area contributed by atoms with Crippen molar-refractivity contribution in [2.24, 2.45) is 0 Å². The summed E-state index contributed by atoms with van der Waals surface area (Å²) in [7, 11) is 0. The molecule has 1 unspecified atom stereocenters. The van der Waals surface area contributed by atoms with Gasteiger partial charge in [-0.05, 0) is 47.1 Å². The van der Waals surface area contributed by atoms with E-state index in [0.29, 0.717) is 5.02 Å². The number of rotatable bonds is 3. The van der Waals surface area contributed by atoms with E-state index in [-0.39, 0.29) is 11.8 Å². The van der Waals surface area contributed by atoms with Gasteiger partial charge < -0.3 is 10.4 Å². The van der Waals surface area contributed by atoms with Gasteiger partial charge in [0.25, 0.3) is 0 Å². The molecule has 0 spiro atoms. The molecule has 94 valence electrons. The van der Waals surface area contributed by atoms with E-state index in [0.717, 1.165) is 15.7 Å². The highest BCUT2D eigenvalue weighted by atomic mass is 79.9. The van der Waals surface area contributed by atoms with Crippen LogP contribution in [0.2, 0.25) is 5.02 Å². The quantitative estimate of drug-likeness (QED) is 0.833. The number of halogens is 2. The van der Waals surface area contributed by atoms with Crippen LogP contribution in [0, 0.1) is 0 Å². The Bertz CT molecular complexity index is 559. The Labute approximate surface area is 120 Å². The molecule has 0 aliphatic carbocycles. The van der Waals surface area contributed by atoms with Crippen LogP contribution in [-0.2, 0) is 0 Å². The Morgan fingerprint density at radius 3 is 2.67 bits per heavy atom. The zero-order valence-corrected chi connectivity index (χ0v) is 12.2. The largest absolute Gasteiger partial charge is 0.508 e. The summed E-state index contributed by atoms with van der Waals surface area (Å²) in [6, 6.07) is 12.8. The molecule has 18 heavy (non-hydrogen) atoms. The van der Waals surface area contributed by atoms with E-state index in [9.17, 15) is 5.11 Å². The van der Waals surface area contributed by atoms with Crippen LogP contribution in [0.5, 0.6) is 5.75 Å². The molecule has 0 heterocycles. The summed E-state index contributed by atoms with van der Waals surface area (Å²) in [5.74, 6) is 0.288. The molecule has 0 amide bonds. The predicted octanol–water partition coefficient (Wildman–Crippen LogP) is 4.98. The van der Waals surface area contributed by atoms with Crippen molar-refractivity contribution in [3.63, 3.8) is 0 Å². The van der Waals surface area contributed by atoms with Crippen molar-refractivity contribution in [3.05, 3.63) is 57.5 Å².